The van der Waals surface area contributed by atoms with E-state index in [4.69, 9.17) is 0 Å². The summed E-state index contributed by atoms with van der Waals surface area (Å²) in [6.45, 7) is 3.22. The van der Waals surface area contributed by atoms with Gasteiger partial charge in [-0.05, 0) is 0 Å². The summed E-state index contributed by atoms with van der Waals surface area (Å²) in [6, 6.07) is 0. The third-order valence-electron chi connectivity index (χ3n) is 1.38. The summed E-state index contributed by atoms with van der Waals surface area (Å²) < 4.78 is 4.59. The molecule has 0 saturated heterocycles. The molecule has 0 aromatic heterocycles. The van der Waals surface area contributed by atoms with E-state index in [0.717, 1.165) is 0 Å². The first-order chi connectivity index (χ1) is 4.63. The van der Waals surface area contributed by atoms with Crippen LogP contribution in [0, 0.1) is 5.92 Å². The molecule has 0 radical (unpaired) electrons. The second kappa shape index (κ2) is 4.49. The molecule has 3 nitrogen and oxygen atoms in total. The molecule has 0 aromatic rings. The van der Waals surface area contributed by atoms with Gasteiger partial charge in [-0.25, -0.2) is 0 Å². The normalized spacial score (nSPS) is 12.6. The Morgan fingerprint density at radius 3 is 2.20 bits per heavy atom. The van der Waals surface area contributed by atoms with Gasteiger partial charge in [-0.3, -0.25) is 0 Å². The Morgan fingerprint density at radius 1 is 1.60 bits per heavy atom. The number of carbonyl (C=O) groups excluding carboxylic acids is 2. The maximum atomic E-state index is 10.8. The number of rotatable bonds is 3. The van der Waals surface area contributed by atoms with E-state index < -0.39 is 5.92 Å². The van der Waals surface area contributed by atoms with E-state index in [1.165, 1.54) is 6.92 Å². The van der Waals surface area contributed by atoms with Gasteiger partial charge in [0.05, 0.1) is 0 Å². The van der Waals surface area contributed by atoms with Crippen molar-refractivity contribution in [1.82, 2.24) is 0 Å². The first kappa shape index (κ1) is 9.68. The van der Waals surface area contributed by atoms with Crippen LogP contribution in [0.15, 0.2) is 0 Å². The third-order valence-corrected chi connectivity index (χ3v) is 2.23. The van der Waals surface area contributed by atoms with Crippen molar-refractivity contribution in [3.05, 3.63) is 0 Å². The zero-order valence-electron chi connectivity index (χ0n) is 6.51. The summed E-state index contributed by atoms with van der Waals surface area (Å²) in [7, 11) is 0. The minimum absolute atomic E-state index is 0.0486. The molecule has 1 unspecified atom stereocenters. The van der Waals surface area contributed by atoms with Crippen LogP contribution in [0.4, 0.5) is 0 Å². The van der Waals surface area contributed by atoms with Gasteiger partial charge in [0.15, 0.2) is 0 Å². The molecule has 4 heteroatoms. The van der Waals surface area contributed by atoms with Gasteiger partial charge in [-0.2, -0.15) is 0 Å². The minimum atomic E-state index is -0.518. The van der Waals surface area contributed by atoms with Crippen molar-refractivity contribution in [3.63, 3.8) is 0 Å². The predicted molar refractivity (Wildman–Crippen MR) is 40.5 cm³/mol. The molecule has 0 amide bonds. The van der Waals surface area contributed by atoms with Crippen molar-refractivity contribution in [2.24, 2.45) is 5.92 Å². The van der Waals surface area contributed by atoms with Gasteiger partial charge in [0.25, 0.3) is 0 Å². The summed E-state index contributed by atoms with van der Waals surface area (Å²) >= 11 is 0.0486. The number of carbonyl (C=O) groups is 2. The monoisotopic (exact) mass is 206 g/mol. The molecule has 0 fully saturated rings. The van der Waals surface area contributed by atoms with Gasteiger partial charge >= 0.3 is 68.1 Å². The van der Waals surface area contributed by atoms with E-state index in [-0.39, 0.29) is 28.6 Å². The van der Waals surface area contributed by atoms with E-state index in [9.17, 15) is 9.59 Å². The maximum absolute atomic E-state index is 10.8. The number of hydrogen-bond acceptors (Lipinski definition) is 3. The van der Waals surface area contributed by atoms with Crippen molar-refractivity contribution >= 4 is 28.6 Å². The molecule has 0 aliphatic carbocycles. The van der Waals surface area contributed by atoms with Crippen molar-refractivity contribution in [2.45, 2.75) is 20.3 Å². The zero-order valence-corrected chi connectivity index (χ0v) is 10.7. The van der Waals surface area contributed by atoms with Gasteiger partial charge < -0.3 is 0 Å². The average Bonchev–Trinajstić information content (AvgIpc) is 1.88. The van der Waals surface area contributed by atoms with Crippen LogP contribution in [-0.4, -0.2) is 28.6 Å². The first-order valence-corrected chi connectivity index (χ1v) is 4.93. The molecule has 10 heavy (non-hydrogen) atoms. The molecular formula is C6H12GeO3. The Labute approximate surface area is 68.7 Å². The summed E-state index contributed by atoms with van der Waals surface area (Å²) in [6.07, 6.45) is 0.546. The van der Waals surface area contributed by atoms with E-state index in [0.29, 0.717) is 6.42 Å². The Balaban J connectivity index is 4.06. The Kier molecular flexibility index (Phi) is 4.35. The van der Waals surface area contributed by atoms with Gasteiger partial charge in [-0.1, -0.05) is 0 Å². The van der Waals surface area contributed by atoms with Crippen molar-refractivity contribution in [1.29, 1.82) is 0 Å². The summed E-state index contributed by atoms with van der Waals surface area (Å²) in [5.74, 6) is -0.970. The second-order valence-corrected chi connectivity index (χ2v) is 2.95. The van der Waals surface area contributed by atoms with Gasteiger partial charge in [-0.15, -0.1) is 0 Å². The van der Waals surface area contributed by atoms with Crippen molar-refractivity contribution in [3.8, 4) is 0 Å². The van der Waals surface area contributed by atoms with Crippen LogP contribution in [0.25, 0.3) is 0 Å². The Hall–Kier alpha value is -0.317. The molecular weight excluding hydrogens is 193 g/mol. The van der Waals surface area contributed by atoms with Crippen molar-refractivity contribution in [2.75, 3.05) is 0 Å². The topological polar surface area (TPSA) is 43.4 Å². The number of Topliss-reactive ketones (excluding diaryl/α,β-unsaturated/α-hetero) is 1. The van der Waals surface area contributed by atoms with Crippen LogP contribution in [0.2, 0.25) is 0 Å². The Bertz CT molecular complexity index is 144. The fourth-order valence-corrected chi connectivity index (χ4v) is 1.36. The first-order valence-electron chi connectivity index (χ1n) is 3.21. The van der Waals surface area contributed by atoms with Crippen LogP contribution >= 0.6 is 0 Å². The van der Waals surface area contributed by atoms with Crippen LogP contribution in [0.1, 0.15) is 20.3 Å². The van der Waals surface area contributed by atoms with E-state index in [2.05, 4.69) is 3.76 Å². The van der Waals surface area contributed by atoms with Crippen LogP contribution in [0.5, 0.6) is 0 Å². The molecule has 1 atom stereocenters. The molecule has 0 heterocycles. The zero-order chi connectivity index (χ0) is 8.15. The van der Waals surface area contributed by atoms with Crippen LogP contribution in [-0.2, 0) is 13.4 Å². The molecule has 0 N–H and O–H groups in total. The fraction of sp³-hybridized carbons (Fsp3) is 0.667. The van der Waals surface area contributed by atoms with Crippen molar-refractivity contribution < 1.29 is 13.4 Å². The molecule has 0 spiro atoms. The predicted octanol–water partition coefficient (Wildman–Crippen LogP) is -0.575. The Morgan fingerprint density at radius 2 is 2.10 bits per heavy atom. The third kappa shape index (κ3) is 2.51. The molecule has 0 bridgehead atoms. The fourth-order valence-electron chi connectivity index (χ4n) is 0.762. The van der Waals surface area contributed by atoms with Gasteiger partial charge in [0, 0.05) is 0 Å². The van der Waals surface area contributed by atoms with E-state index in [1.54, 1.807) is 6.92 Å². The van der Waals surface area contributed by atoms with Gasteiger partial charge in [0.2, 0.25) is 0 Å². The van der Waals surface area contributed by atoms with Crippen LogP contribution < -0.4 is 0 Å². The molecule has 0 aliphatic rings. The number of ketones is 1. The van der Waals surface area contributed by atoms with E-state index >= 15 is 0 Å². The second-order valence-electron chi connectivity index (χ2n) is 2.09. The van der Waals surface area contributed by atoms with Crippen LogP contribution in [0.3, 0.4) is 0 Å². The quantitative estimate of drug-likeness (QED) is 0.457. The molecule has 0 saturated carbocycles. The summed E-state index contributed by atoms with van der Waals surface area (Å²) in [5.41, 5.74) is 0. The van der Waals surface area contributed by atoms with Gasteiger partial charge in [0.1, 0.15) is 0 Å². The molecule has 0 rings (SSSR count). The summed E-state index contributed by atoms with van der Waals surface area (Å²) in [4.78, 5) is 21.5. The standard InChI is InChI=1S/C6H12GeO3/c1-3-5(4(2)8)6(9)10-7/h5H,3H2,1-2,7H3. The van der Waals surface area contributed by atoms with E-state index in [1.807, 2.05) is 0 Å². The molecule has 0 aromatic carbocycles. The summed E-state index contributed by atoms with van der Waals surface area (Å²) in [5, 5.41) is 0. The number of hydrogen-bond donors (Lipinski definition) is 0. The SMILES string of the molecule is CCC(C(C)=O)C(=O)[O][GeH3]. The molecule has 0 aliphatic heterocycles. The molecule has 58 valence electrons. The average molecular weight is 205 g/mol.